The lowest BCUT2D eigenvalue weighted by molar-refractivity contribution is -0.118. The average molecular weight is 594 g/mol. The number of pyridine rings is 1. The van der Waals surface area contributed by atoms with Crippen molar-refractivity contribution in [1.82, 2.24) is 14.9 Å². The van der Waals surface area contributed by atoms with Crippen LogP contribution in [0.2, 0.25) is 5.02 Å². The lowest BCUT2D eigenvalue weighted by Crippen LogP contribution is -2.29. The van der Waals surface area contributed by atoms with Crippen LogP contribution in [0.5, 0.6) is 0 Å². The molecule has 42 heavy (non-hydrogen) atoms. The van der Waals surface area contributed by atoms with Crippen LogP contribution in [0.1, 0.15) is 48.6 Å². The van der Waals surface area contributed by atoms with Gasteiger partial charge in [-0.05, 0) is 79.5 Å². The first-order chi connectivity index (χ1) is 20.2. The molecular weight excluding hydrogens is 562 g/mol. The Balaban J connectivity index is 1.49. The first-order valence-electron chi connectivity index (χ1n) is 14.0. The van der Waals surface area contributed by atoms with Gasteiger partial charge in [0, 0.05) is 34.6 Å². The van der Waals surface area contributed by atoms with Crippen molar-refractivity contribution < 1.29 is 4.79 Å². The van der Waals surface area contributed by atoms with E-state index >= 15 is 0 Å². The maximum Gasteiger partial charge on any atom is 0.226 e. The number of nitrogens with one attached hydrogen (secondary N) is 2. The summed E-state index contributed by atoms with van der Waals surface area (Å²) in [6.07, 6.45) is 1.81. The molecule has 3 heterocycles. The Morgan fingerprint density at radius 2 is 1.76 bits per heavy atom. The molecule has 1 amide bonds. The van der Waals surface area contributed by atoms with Gasteiger partial charge in [-0.3, -0.25) is 9.78 Å². The van der Waals surface area contributed by atoms with Crippen molar-refractivity contribution in [2.45, 2.75) is 39.8 Å². The molecular formula is C34H32ClN5OS. The van der Waals surface area contributed by atoms with Crippen LogP contribution in [0, 0.1) is 19.8 Å². The van der Waals surface area contributed by atoms with Crippen LogP contribution in [-0.2, 0) is 4.79 Å². The van der Waals surface area contributed by atoms with E-state index in [-0.39, 0.29) is 23.9 Å². The molecule has 212 valence electrons. The molecule has 1 aliphatic rings. The molecule has 1 fully saturated rings. The van der Waals surface area contributed by atoms with Crippen LogP contribution in [-0.4, -0.2) is 20.6 Å². The Labute approximate surface area is 256 Å². The van der Waals surface area contributed by atoms with Gasteiger partial charge < -0.3 is 20.1 Å². The van der Waals surface area contributed by atoms with Gasteiger partial charge in [0.2, 0.25) is 5.91 Å². The Bertz CT molecular complexity index is 1810. The summed E-state index contributed by atoms with van der Waals surface area (Å²) in [5.41, 5.74) is 6.82. The normalized spacial score (nSPS) is 16.7. The van der Waals surface area contributed by atoms with Crippen molar-refractivity contribution in [3.63, 3.8) is 0 Å². The van der Waals surface area contributed by atoms with Gasteiger partial charge >= 0.3 is 0 Å². The zero-order valence-electron chi connectivity index (χ0n) is 23.9. The summed E-state index contributed by atoms with van der Waals surface area (Å²) >= 11 is 12.7. The van der Waals surface area contributed by atoms with E-state index in [4.69, 9.17) is 28.8 Å². The third-order valence-electron chi connectivity index (χ3n) is 7.91. The molecule has 2 N–H and O–H groups in total. The molecule has 0 bridgehead atoms. The third kappa shape index (κ3) is 4.93. The summed E-state index contributed by atoms with van der Waals surface area (Å²) in [7, 11) is 0. The molecule has 6 nitrogen and oxygen atoms in total. The number of thiocarbonyl (C=S) groups is 1. The largest absolute Gasteiger partial charge is 0.351 e. The van der Waals surface area contributed by atoms with Crippen LogP contribution in [0.15, 0.2) is 91.1 Å². The lowest BCUT2D eigenvalue weighted by Gasteiger charge is -2.28. The Morgan fingerprint density at radius 1 is 1.00 bits per heavy atom. The van der Waals surface area contributed by atoms with E-state index in [1.165, 1.54) is 10.8 Å². The number of benzene rings is 3. The number of anilines is 2. The molecule has 6 rings (SSSR count). The second-order valence-corrected chi connectivity index (χ2v) is 11.8. The van der Waals surface area contributed by atoms with E-state index in [1.54, 1.807) is 0 Å². The molecule has 8 heteroatoms. The molecule has 0 spiro atoms. The smallest absolute Gasteiger partial charge is 0.226 e. The van der Waals surface area contributed by atoms with Gasteiger partial charge in [-0.15, -0.1) is 0 Å². The van der Waals surface area contributed by atoms with E-state index < -0.39 is 0 Å². The van der Waals surface area contributed by atoms with E-state index in [2.05, 4.69) is 82.5 Å². The number of rotatable bonds is 6. The van der Waals surface area contributed by atoms with Crippen LogP contribution in [0.4, 0.5) is 11.4 Å². The fourth-order valence-electron chi connectivity index (χ4n) is 5.84. The number of hydrogen-bond donors (Lipinski definition) is 2. The Kier molecular flexibility index (Phi) is 7.47. The minimum absolute atomic E-state index is 0.0861. The van der Waals surface area contributed by atoms with Crippen molar-refractivity contribution in [3.8, 4) is 5.69 Å². The fraction of sp³-hybridized carbons (Fsp3) is 0.206. The monoisotopic (exact) mass is 593 g/mol. The number of amides is 1. The van der Waals surface area contributed by atoms with E-state index in [9.17, 15) is 4.79 Å². The number of hydrogen-bond acceptors (Lipinski definition) is 3. The number of carbonyl (C=O) groups is 1. The highest BCUT2D eigenvalue weighted by atomic mass is 35.5. The van der Waals surface area contributed by atoms with Crippen molar-refractivity contribution in [3.05, 3.63) is 119 Å². The highest BCUT2D eigenvalue weighted by molar-refractivity contribution is 7.80. The molecule has 0 saturated carbocycles. The molecule has 0 radical (unpaired) electrons. The summed E-state index contributed by atoms with van der Waals surface area (Å²) in [6, 6.07) is 28.3. The SMILES string of the molecule is Cc1cc([C@@H]2[C@@H](c3ccccn3)NC(=S)N2c2ccc(NC(=O)C(C)C)c(Cl)c2)c(C)n1-c1cccc2ccccc12. The standard InChI is InChI=1S/C34H32ClN5OS/c1-20(2)33(41)37-28-16-15-24(19-27(28)35)40-32(31(38-34(40)42)29-13-7-8-17-36-29)26-18-21(3)39(22(26)4)30-14-9-11-23-10-5-6-12-25(23)30/h5-20,31-32H,1-4H3,(H,37,41)(H,38,42)/t31-,32-/m1/s1. The predicted molar refractivity (Wildman–Crippen MR) is 176 cm³/mol. The number of nitrogens with zero attached hydrogens (tertiary/aromatic N) is 3. The molecule has 0 aliphatic carbocycles. The van der Waals surface area contributed by atoms with Crippen LogP contribution < -0.4 is 15.5 Å². The predicted octanol–water partition coefficient (Wildman–Crippen LogP) is 8.07. The minimum Gasteiger partial charge on any atom is -0.351 e. The highest BCUT2D eigenvalue weighted by Gasteiger charge is 2.42. The van der Waals surface area contributed by atoms with Crippen molar-refractivity contribution in [2.24, 2.45) is 5.92 Å². The fourth-order valence-corrected chi connectivity index (χ4v) is 6.41. The third-order valence-corrected chi connectivity index (χ3v) is 8.53. The number of fused-ring (bicyclic) bond motifs is 1. The summed E-state index contributed by atoms with van der Waals surface area (Å²) in [5, 5.41) is 9.88. The van der Waals surface area contributed by atoms with Gasteiger partial charge in [0.05, 0.1) is 34.2 Å². The zero-order valence-corrected chi connectivity index (χ0v) is 25.5. The van der Waals surface area contributed by atoms with Gasteiger partial charge in [0.15, 0.2) is 5.11 Å². The number of aryl methyl sites for hydroxylation is 1. The van der Waals surface area contributed by atoms with E-state index in [0.717, 1.165) is 34.0 Å². The summed E-state index contributed by atoms with van der Waals surface area (Å²) in [6.45, 7) is 8.00. The minimum atomic E-state index is -0.200. The van der Waals surface area contributed by atoms with Crippen LogP contribution in [0.25, 0.3) is 16.5 Å². The first kappa shape index (κ1) is 27.9. The lowest BCUT2D eigenvalue weighted by atomic mass is 9.96. The van der Waals surface area contributed by atoms with Crippen molar-refractivity contribution in [1.29, 1.82) is 0 Å². The number of aromatic nitrogens is 2. The first-order valence-corrected chi connectivity index (χ1v) is 14.8. The van der Waals surface area contributed by atoms with Gasteiger partial charge in [0.25, 0.3) is 0 Å². The summed E-state index contributed by atoms with van der Waals surface area (Å²) in [5.74, 6) is -0.242. The van der Waals surface area contributed by atoms with Gasteiger partial charge in [-0.25, -0.2) is 0 Å². The maximum atomic E-state index is 12.3. The number of halogens is 1. The van der Waals surface area contributed by atoms with E-state index in [0.29, 0.717) is 15.8 Å². The second kappa shape index (κ2) is 11.2. The molecule has 1 saturated heterocycles. The van der Waals surface area contributed by atoms with Gasteiger partial charge in [-0.1, -0.05) is 67.9 Å². The van der Waals surface area contributed by atoms with Gasteiger partial charge in [0.1, 0.15) is 0 Å². The zero-order chi connectivity index (χ0) is 29.5. The molecule has 1 aliphatic heterocycles. The topological polar surface area (TPSA) is 62.2 Å². The molecule has 5 aromatic rings. The summed E-state index contributed by atoms with van der Waals surface area (Å²) in [4.78, 5) is 19.2. The Hall–Kier alpha value is -4.20. The molecule has 0 unspecified atom stereocenters. The number of carbonyl (C=O) groups excluding carboxylic acids is 1. The molecule has 2 aromatic heterocycles. The maximum absolute atomic E-state index is 12.3. The molecule has 3 aromatic carbocycles. The Morgan fingerprint density at radius 3 is 2.50 bits per heavy atom. The van der Waals surface area contributed by atoms with Gasteiger partial charge in [-0.2, -0.15) is 0 Å². The van der Waals surface area contributed by atoms with Crippen molar-refractivity contribution >= 4 is 57.0 Å². The van der Waals surface area contributed by atoms with Crippen LogP contribution in [0.3, 0.4) is 0 Å². The van der Waals surface area contributed by atoms with Crippen LogP contribution >= 0.6 is 23.8 Å². The van der Waals surface area contributed by atoms with Crippen molar-refractivity contribution in [2.75, 3.05) is 10.2 Å². The molecule has 2 atom stereocenters. The second-order valence-electron chi connectivity index (χ2n) is 11.0. The quantitative estimate of drug-likeness (QED) is 0.195. The summed E-state index contributed by atoms with van der Waals surface area (Å²) < 4.78 is 2.32. The van der Waals surface area contributed by atoms with E-state index in [1.807, 2.05) is 56.4 Å². The highest BCUT2D eigenvalue weighted by Crippen LogP contribution is 2.45. The average Bonchev–Trinajstić information content (AvgIpc) is 3.48.